The zero-order valence-electron chi connectivity index (χ0n) is 38.5. The van der Waals surface area contributed by atoms with Crippen LogP contribution in [0.25, 0.3) is 87.6 Å². The maximum atomic E-state index is 5.27. The molecule has 1 aromatic heterocycles. The van der Waals surface area contributed by atoms with Crippen LogP contribution in [-0.2, 0) is 0 Å². The average Bonchev–Trinajstić information content (AvgIpc) is 3.43. The first kappa shape index (κ1) is 39.7. The van der Waals surface area contributed by atoms with Gasteiger partial charge in [0.15, 0.2) is 5.82 Å². The van der Waals surface area contributed by atoms with Crippen LogP contribution in [0.5, 0.6) is 0 Å². The van der Waals surface area contributed by atoms with Crippen LogP contribution in [0.4, 0.5) is 34.1 Å². The van der Waals surface area contributed by atoms with Crippen LogP contribution in [0.1, 0.15) is 0 Å². The van der Waals surface area contributed by atoms with E-state index in [0.717, 1.165) is 50.6 Å². The van der Waals surface area contributed by atoms with Gasteiger partial charge in [-0.05, 0) is 161 Å². The predicted octanol–water partition coefficient (Wildman–Crippen LogP) is 15.3. The molecule has 0 atom stereocenters. The first-order chi connectivity index (χ1) is 35.1. The molecule has 2 aliphatic heterocycles. The van der Waals surface area contributed by atoms with Crippen LogP contribution in [0, 0.1) is 0 Å². The fourth-order valence-corrected chi connectivity index (χ4v) is 11.5. The van der Waals surface area contributed by atoms with Gasteiger partial charge in [-0.2, -0.15) is 0 Å². The van der Waals surface area contributed by atoms with Crippen molar-refractivity contribution in [3.8, 4) is 33.6 Å². The van der Waals surface area contributed by atoms with Gasteiger partial charge in [0.1, 0.15) is 0 Å². The third-order valence-electron chi connectivity index (χ3n) is 14.9. The second-order valence-electron chi connectivity index (χ2n) is 19.0. The number of nitrogens with zero attached hydrogens (tertiary/aromatic N) is 4. The Kier molecular flexibility index (Phi) is 8.72. The maximum Gasteiger partial charge on any atom is 0.252 e. The van der Waals surface area contributed by atoms with Crippen molar-refractivity contribution >= 4 is 111 Å². The number of benzene rings is 12. The average molecular weight is 901 g/mol. The smallest absolute Gasteiger partial charge is 0.252 e. The minimum Gasteiger partial charge on any atom is -0.311 e. The fraction of sp³-hybridized carbons (Fsp3) is 0. The van der Waals surface area contributed by atoms with E-state index in [-0.39, 0.29) is 6.71 Å². The molecular formula is C66H41BN4. The number of anilines is 6. The molecule has 13 aromatic rings. The molecule has 0 saturated carbocycles. The molecule has 2 aliphatic rings. The summed E-state index contributed by atoms with van der Waals surface area (Å²) in [6, 6.07) is 89.2. The number of fused-ring (bicyclic) bond motifs is 9. The molecule has 0 spiro atoms. The normalized spacial score (nSPS) is 12.7. The van der Waals surface area contributed by atoms with E-state index in [9.17, 15) is 0 Å². The van der Waals surface area contributed by atoms with E-state index in [0.29, 0.717) is 5.82 Å². The number of para-hydroxylation sites is 1. The Morgan fingerprint density at radius 1 is 0.296 bits per heavy atom. The van der Waals surface area contributed by atoms with Gasteiger partial charge >= 0.3 is 0 Å². The van der Waals surface area contributed by atoms with Crippen LogP contribution >= 0.6 is 0 Å². The van der Waals surface area contributed by atoms with E-state index in [1.807, 2.05) is 12.3 Å². The van der Waals surface area contributed by atoms with Crippen molar-refractivity contribution in [3.05, 3.63) is 249 Å². The number of aromatic nitrogens is 2. The van der Waals surface area contributed by atoms with Gasteiger partial charge in [-0.1, -0.05) is 164 Å². The number of rotatable bonds is 5. The molecular weight excluding hydrogens is 860 g/mol. The van der Waals surface area contributed by atoms with Crippen LogP contribution in [0.3, 0.4) is 0 Å². The molecule has 0 unspecified atom stereocenters. The molecule has 0 radical (unpaired) electrons. The van der Waals surface area contributed by atoms with Gasteiger partial charge in [0, 0.05) is 51.3 Å². The van der Waals surface area contributed by atoms with Crippen LogP contribution in [0.15, 0.2) is 249 Å². The Morgan fingerprint density at radius 3 is 1.15 bits per heavy atom. The second kappa shape index (κ2) is 15.6. The Morgan fingerprint density at radius 2 is 0.690 bits per heavy atom. The van der Waals surface area contributed by atoms with Crippen molar-refractivity contribution in [3.63, 3.8) is 0 Å². The van der Waals surface area contributed by atoms with E-state index in [4.69, 9.17) is 9.97 Å². The van der Waals surface area contributed by atoms with Crippen molar-refractivity contribution in [2.45, 2.75) is 0 Å². The van der Waals surface area contributed by atoms with Crippen molar-refractivity contribution in [1.82, 2.24) is 9.97 Å². The summed E-state index contributed by atoms with van der Waals surface area (Å²) in [4.78, 5) is 15.4. The summed E-state index contributed by atoms with van der Waals surface area (Å²) in [5, 5.41) is 10.8. The Balaban J connectivity index is 1.06. The van der Waals surface area contributed by atoms with E-state index < -0.39 is 0 Å². The highest BCUT2D eigenvalue weighted by atomic mass is 15.2. The standard InChI is InChI=1S/C66H41BN4/c1-3-13-42(14-4-1)44-23-27-56(28-24-44)70-61-37-53-33-48-19-9-7-17-46(48)31-51(53)35-58(61)67-59-36-52-32-47-18-8-10-20-49(47)34-54(52)38-62(59)71(57-29-25-45(26-30-57)43-15-5-2-6-16-43)64-40-55(39-63(70)65(64)67)66-68-41-50-21-11-12-22-60(50)69-66/h1-41H. The molecule has 0 saturated heterocycles. The molecule has 0 aliphatic carbocycles. The zero-order valence-corrected chi connectivity index (χ0v) is 38.5. The van der Waals surface area contributed by atoms with Gasteiger partial charge in [-0.15, -0.1) is 0 Å². The summed E-state index contributed by atoms with van der Waals surface area (Å²) in [6.45, 7) is -0.108. The molecule has 71 heavy (non-hydrogen) atoms. The molecule has 328 valence electrons. The molecule has 15 rings (SSSR count). The Bertz CT molecular complexity index is 4050. The topological polar surface area (TPSA) is 32.3 Å². The molecule has 3 heterocycles. The van der Waals surface area contributed by atoms with Crippen LogP contribution in [0.2, 0.25) is 0 Å². The van der Waals surface area contributed by atoms with Crippen LogP contribution in [-0.4, -0.2) is 16.7 Å². The Labute approximate surface area is 411 Å². The number of hydrogen-bond donors (Lipinski definition) is 0. The fourth-order valence-electron chi connectivity index (χ4n) is 11.5. The molecule has 5 heteroatoms. The van der Waals surface area contributed by atoms with Crippen molar-refractivity contribution < 1.29 is 0 Å². The summed E-state index contributed by atoms with van der Waals surface area (Å²) in [5.74, 6) is 0.685. The van der Waals surface area contributed by atoms with E-state index in [1.165, 1.54) is 81.7 Å². The van der Waals surface area contributed by atoms with Gasteiger partial charge in [0.25, 0.3) is 6.71 Å². The highest BCUT2D eigenvalue weighted by Crippen LogP contribution is 2.48. The SMILES string of the molecule is c1ccc(-c2ccc(N3c4cc5cc6ccccc6cc5cc4B4c5cc6cc7ccccc7cc6cc5N(c5ccc(-c6ccccc6)cc5)c5cc(-c6ncc7ccccc7n6)cc3c54)cc2)cc1. The van der Waals surface area contributed by atoms with Gasteiger partial charge in [0.2, 0.25) is 0 Å². The molecule has 0 amide bonds. The lowest BCUT2D eigenvalue weighted by Gasteiger charge is -2.44. The van der Waals surface area contributed by atoms with Gasteiger partial charge < -0.3 is 9.80 Å². The summed E-state index contributed by atoms with van der Waals surface area (Å²) in [7, 11) is 0. The summed E-state index contributed by atoms with van der Waals surface area (Å²) in [6.07, 6.45) is 1.96. The van der Waals surface area contributed by atoms with Gasteiger partial charge in [-0.3, -0.25) is 0 Å². The summed E-state index contributed by atoms with van der Waals surface area (Å²) < 4.78 is 0. The predicted molar refractivity (Wildman–Crippen MR) is 300 cm³/mol. The molecule has 0 bridgehead atoms. The molecule has 4 nitrogen and oxygen atoms in total. The molecule has 12 aromatic carbocycles. The number of hydrogen-bond acceptors (Lipinski definition) is 4. The third kappa shape index (κ3) is 6.40. The Hall–Kier alpha value is -9.32. The van der Waals surface area contributed by atoms with E-state index >= 15 is 0 Å². The van der Waals surface area contributed by atoms with Crippen molar-refractivity contribution in [2.75, 3.05) is 9.80 Å². The molecule has 0 N–H and O–H groups in total. The van der Waals surface area contributed by atoms with E-state index in [2.05, 4.69) is 246 Å². The van der Waals surface area contributed by atoms with Crippen molar-refractivity contribution in [2.24, 2.45) is 0 Å². The monoisotopic (exact) mass is 900 g/mol. The first-order valence-electron chi connectivity index (χ1n) is 24.4. The first-order valence-corrected chi connectivity index (χ1v) is 24.4. The summed E-state index contributed by atoms with van der Waals surface area (Å²) in [5.41, 5.74) is 17.1. The minimum absolute atomic E-state index is 0.108. The maximum absolute atomic E-state index is 5.27. The van der Waals surface area contributed by atoms with E-state index in [1.54, 1.807) is 0 Å². The van der Waals surface area contributed by atoms with Crippen LogP contribution < -0.4 is 26.2 Å². The quantitative estimate of drug-likeness (QED) is 0.127. The third-order valence-corrected chi connectivity index (χ3v) is 14.9. The highest BCUT2D eigenvalue weighted by Gasteiger charge is 2.44. The lowest BCUT2D eigenvalue weighted by atomic mass is 9.33. The minimum atomic E-state index is -0.108. The largest absolute Gasteiger partial charge is 0.311 e. The van der Waals surface area contributed by atoms with Gasteiger partial charge in [-0.25, -0.2) is 9.97 Å². The summed E-state index contributed by atoms with van der Waals surface area (Å²) >= 11 is 0. The zero-order chi connectivity index (χ0) is 46.6. The highest BCUT2D eigenvalue weighted by molar-refractivity contribution is 7.00. The second-order valence-corrected chi connectivity index (χ2v) is 19.0. The van der Waals surface area contributed by atoms with Gasteiger partial charge in [0.05, 0.1) is 5.52 Å². The lowest BCUT2D eigenvalue weighted by molar-refractivity contribution is 1.21. The molecule has 0 fully saturated rings. The lowest BCUT2D eigenvalue weighted by Crippen LogP contribution is -2.61. The van der Waals surface area contributed by atoms with Crippen molar-refractivity contribution in [1.29, 1.82) is 0 Å².